The molecule has 1 fully saturated rings. The molecule has 5 nitrogen and oxygen atoms in total. The standard InChI is InChI=1S/C20H22FN3O2/c21-17-5-2-4-16(10-17)20(26)24-18-6-1-3-15(9-18)12-23-19(25)13-22-11-14-7-8-14/h1-6,9-10,14,22H,7-8,11-13H2,(H,23,25)(H,24,26). The zero-order valence-corrected chi connectivity index (χ0v) is 14.4. The van der Waals surface area contributed by atoms with E-state index in [0.717, 1.165) is 18.0 Å². The molecule has 1 saturated carbocycles. The van der Waals surface area contributed by atoms with Gasteiger partial charge in [0.25, 0.3) is 5.91 Å². The summed E-state index contributed by atoms with van der Waals surface area (Å²) >= 11 is 0. The molecular formula is C20H22FN3O2. The number of nitrogens with one attached hydrogen (secondary N) is 3. The molecular weight excluding hydrogens is 333 g/mol. The summed E-state index contributed by atoms with van der Waals surface area (Å²) in [6.07, 6.45) is 2.51. The van der Waals surface area contributed by atoms with Crippen LogP contribution in [0.15, 0.2) is 48.5 Å². The lowest BCUT2D eigenvalue weighted by Crippen LogP contribution is -2.34. The summed E-state index contributed by atoms with van der Waals surface area (Å²) in [4.78, 5) is 24.0. The van der Waals surface area contributed by atoms with Crippen molar-refractivity contribution in [1.82, 2.24) is 10.6 Å². The summed E-state index contributed by atoms with van der Waals surface area (Å²) in [6, 6.07) is 12.7. The quantitative estimate of drug-likeness (QED) is 0.682. The Morgan fingerprint density at radius 2 is 1.88 bits per heavy atom. The lowest BCUT2D eigenvalue weighted by atomic mass is 10.1. The van der Waals surface area contributed by atoms with Gasteiger partial charge < -0.3 is 16.0 Å². The topological polar surface area (TPSA) is 70.2 Å². The first-order chi connectivity index (χ1) is 12.6. The van der Waals surface area contributed by atoms with E-state index >= 15 is 0 Å². The fraction of sp³-hybridized carbons (Fsp3) is 0.300. The predicted molar refractivity (Wildman–Crippen MR) is 98.2 cm³/mol. The summed E-state index contributed by atoms with van der Waals surface area (Å²) in [5.74, 6) is -0.152. The summed E-state index contributed by atoms with van der Waals surface area (Å²) in [5.41, 5.74) is 1.72. The van der Waals surface area contributed by atoms with E-state index in [0.29, 0.717) is 18.8 Å². The van der Waals surface area contributed by atoms with Crippen molar-refractivity contribution in [3.8, 4) is 0 Å². The Hall–Kier alpha value is -2.73. The van der Waals surface area contributed by atoms with Crippen LogP contribution in [0, 0.1) is 11.7 Å². The third-order valence-electron chi connectivity index (χ3n) is 4.18. The largest absolute Gasteiger partial charge is 0.351 e. The molecule has 0 heterocycles. The summed E-state index contributed by atoms with van der Waals surface area (Å²) < 4.78 is 13.2. The summed E-state index contributed by atoms with van der Waals surface area (Å²) in [6.45, 7) is 1.59. The highest BCUT2D eigenvalue weighted by Crippen LogP contribution is 2.27. The normalized spacial score (nSPS) is 13.3. The van der Waals surface area contributed by atoms with Gasteiger partial charge in [0, 0.05) is 17.8 Å². The van der Waals surface area contributed by atoms with Gasteiger partial charge in [-0.15, -0.1) is 0 Å². The van der Waals surface area contributed by atoms with Crippen molar-refractivity contribution >= 4 is 17.5 Å². The zero-order chi connectivity index (χ0) is 18.4. The highest BCUT2D eigenvalue weighted by atomic mass is 19.1. The van der Waals surface area contributed by atoms with Gasteiger partial charge in [0.05, 0.1) is 6.54 Å². The fourth-order valence-corrected chi connectivity index (χ4v) is 2.57. The number of hydrogen-bond donors (Lipinski definition) is 3. The predicted octanol–water partition coefficient (Wildman–Crippen LogP) is 2.69. The van der Waals surface area contributed by atoms with Crippen molar-refractivity contribution < 1.29 is 14.0 Å². The molecule has 136 valence electrons. The maximum absolute atomic E-state index is 13.2. The van der Waals surface area contributed by atoms with Crippen LogP contribution in [0.5, 0.6) is 0 Å². The third kappa shape index (κ3) is 5.67. The van der Waals surface area contributed by atoms with E-state index in [1.807, 2.05) is 6.07 Å². The van der Waals surface area contributed by atoms with Crippen molar-refractivity contribution in [1.29, 1.82) is 0 Å². The Labute approximate surface area is 152 Å². The number of halogens is 1. The maximum Gasteiger partial charge on any atom is 0.255 e. The van der Waals surface area contributed by atoms with E-state index < -0.39 is 5.82 Å². The number of hydrogen-bond acceptors (Lipinski definition) is 3. The molecule has 1 aliphatic rings. The highest BCUT2D eigenvalue weighted by Gasteiger charge is 2.20. The lowest BCUT2D eigenvalue weighted by molar-refractivity contribution is -0.120. The molecule has 0 radical (unpaired) electrons. The van der Waals surface area contributed by atoms with Crippen LogP contribution in [0.1, 0.15) is 28.8 Å². The van der Waals surface area contributed by atoms with Crippen LogP contribution in [0.4, 0.5) is 10.1 Å². The van der Waals surface area contributed by atoms with Gasteiger partial charge in [0.1, 0.15) is 5.82 Å². The van der Waals surface area contributed by atoms with Crippen molar-refractivity contribution in [3.05, 3.63) is 65.5 Å². The Kier molecular flexibility index (Phi) is 5.96. The van der Waals surface area contributed by atoms with Crippen LogP contribution in [-0.4, -0.2) is 24.9 Å². The molecule has 0 saturated heterocycles. The van der Waals surface area contributed by atoms with Crippen LogP contribution in [0.3, 0.4) is 0 Å². The molecule has 0 spiro atoms. The van der Waals surface area contributed by atoms with Crippen LogP contribution >= 0.6 is 0 Å². The second-order valence-electron chi connectivity index (χ2n) is 6.52. The molecule has 2 amide bonds. The van der Waals surface area contributed by atoms with E-state index in [-0.39, 0.29) is 17.4 Å². The fourth-order valence-electron chi connectivity index (χ4n) is 2.57. The first-order valence-electron chi connectivity index (χ1n) is 8.73. The second-order valence-corrected chi connectivity index (χ2v) is 6.52. The first kappa shape index (κ1) is 18.1. The van der Waals surface area contributed by atoms with Gasteiger partial charge in [0.15, 0.2) is 0 Å². The Bertz CT molecular complexity index is 790. The first-order valence-corrected chi connectivity index (χ1v) is 8.73. The maximum atomic E-state index is 13.2. The monoisotopic (exact) mass is 355 g/mol. The molecule has 2 aromatic rings. The van der Waals surface area contributed by atoms with E-state index in [2.05, 4.69) is 16.0 Å². The van der Waals surface area contributed by atoms with Crippen molar-refractivity contribution in [2.45, 2.75) is 19.4 Å². The number of benzene rings is 2. The van der Waals surface area contributed by atoms with Gasteiger partial charge in [-0.25, -0.2) is 4.39 Å². The van der Waals surface area contributed by atoms with Gasteiger partial charge in [-0.2, -0.15) is 0 Å². The van der Waals surface area contributed by atoms with E-state index in [1.165, 1.54) is 31.0 Å². The average Bonchev–Trinajstić information content (AvgIpc) is 3.45. The van der Waals surface area contributed by atoms with E-state index in [4.69, 9.17) is 0 Å². The minimum atomic E-state index is -0.454. The van der Waals surface area contributed by atoms with Crippen molar-refractivity contribution in [2.75, 3.05) is 18.4 Å². The van der Waals surface area contributed by atoms with E-state index in [1.54, 1.807) is 24.3 Å². The number of carbonyl (C=O) groups is 2. The van der Waals surface area contributed by atoms with Gasteiger partial charge in [0.2, 0.25) is 5.91 Å². The Morgan fingerprint density at radius 3 is 2.65 bits per heavy atom. The highest BCUT2D eigenvalue weighted by molar-refractivity contribution is 6.04. The third-order valence-corrected chi connectivity index (χ3v) is 4.18. The Morgan fingerprint density at radius 1 is 1.08 bits per heavy atom. The smallest absolute Gasteiger partial charge is 0.255 e. The minimum Gasteiger partial charge on any atom is -0.351 e. The summed E-state index contributed by atoms with van der Waals surface area (Å²) in [7, 11) is 0. The van der Waals surface area contributed by atoms with Crippen molar-refractivity contribution in [3.63, 3.8) is 0 Å². The van der Waals surface area contributed by atoms with Gasteiger partial charge in [-0.05, 0) is 61.2 Å². The lowest BCUT2D eigenvalue weighted by Gasteiger charge is -2.09. The molecule has 26 heavy (non-hydrogen) atoms. The number of carbonyl (C=O) groups excluding carboxylic acids is 2. The molecule has 6 heteroatoms. The second kappa shape index (κ2) is 8.58. The van der Waals surface area contributed by atoms with Gasteiger partial charge in [-0.3, -0.25) is 9.59 Å². The van der Waals surface area contributed by atoms with Crippen LogP contribution in [0.25, 0.3) is 0 Å². The van der Waals surface area contributed by atoms with E-state index in [9.17, 15) is 14.0 Å². The molecule has 0 aromatic heterocycles. The molecule has 2 aromatic carbocycles. The van der Waals surface area contributed by atoms with Crippen molar-refractivity contribution in [2.24, 2.45) is 5.92 Å². The van der Waals surface area contributed by atoms with Gasteiger partial charge >= 0.3 is 0 Å². The molecule has 0 aliphatic heterocycles. The minimum absolute atomic E-state index is 0.0557. The number of rotatable bonds is 8. The van der Waals surface area contributed by atoms with Gasteiger partial charge in [-0.1, -0.05) is 18.2 Å². The molecule has 3 rings (SSSR count). The zero-order valence-electron chi connectivity index (χ0n) is 14.4. The van der Waals surface area contributed by atoms with Crippen LogP contribution in [0.2, 0.25) is 0 Å². The number of amides is 2. The molecule has 0 unspecified atom stereocenters. The summed E-state index contributed by atoms with van der Waals surface area (Å²) in [5, 5.41) is 8.73. The number of anilines is 1. The molecule has 0 atom stereocenters. The Balaban J connectivity index is 1.49. The molecule has 0 bridgehead atoms. The van der Waals surface area contributed by atoms with Crippen LogP contribution < -0.4 is 16.0 Å². The SMILES string of the molecule is O=C(CNCC1CC1)NCc1cccc(NC(=O)c2cccc(F)c2)c1. The average molecular weight is 355 g/mol. The molecule has 3 N–H and O–H groups in total. The molecule has 1 aliphatic carbocycles. The van der Waals surface area contributed by atoms with Crippen LogP contribution in [-0.2, 0) is 11.3 Å².